The Labute approximate surface area is 149 Å². The summed E-state index contributed by atoms with van der Waals surface area (Å²) < 4.78 is 11.1. The molecular weight excluding hydrogens is 342 g/mol. The number of amides is 1. The van der Waals surface area contributed by atoms with Crippen molar-refractivity contribution in [2.45, 2.75) is 6.61 Å². The van der Waals surface area contributed by atoms with Crippen LogP contribution >= 0.6 is 11.6 Å². The Bertz CT molecular complexity index is 866. The summed E-state index contributed by atoms with van der Waals surface area (Å²) in [6, 6.07) is 14.1. The molecule has 0 saturated carbocycles. The number of ether oxygens (including phenoxy) is 2. The number of anilines is 1. The Morgan fingerprint density at radius 1 is 1.20 bits per heavy atom. The molecule has 3 rings (SSSR count). The maximum Gasteiger partial charge on any atom is 0.256 e. The number of halogens is 1. The van der Waals surface area contributed by atoms with Crippen LogP contribution in [0.1, 0.15) is 15.9 Å². The molecule has 0 aliphatic carbocycles. The average molecular weight is 358 g/mol. The van der Waals surface area contributed by atoms with Crippen LogP contribution < -0.4 is 14.8 Å². The Morgan fingerprint density at radius 2 is 2.04 bits per heavy atom. The van der Waals surface area contributed by atoms with Gasteiger partial charge in [0.2, 0.25) is 0 Å². The molecule has 0 bridgehead atoms. The lowest BCUT2D eigenvalue weighted by atomic mass is 10.2. The fourth-order valence-corrected chi connectivity index (χ4v) is 2.41. The summed E-state index contributed by atoms with van der Waals surface area (Å²) in [5.41, 5.74) is 1.31. The minimum Gasteiger partial charge on any atom is -0.493 e. The molecule has 0 unspecified atom stereocenters. The molecule has 25 heavy (non-hydrogen) atoms. The van der Waals surface area contributed by atoms with E-state index < -0.39 is 0 Å². The highest BCUT2D eigenvalue weighted by Gasteiger charge is 2.12. The molecule has 2 N–H and O–H groups in total. The molecule has 1 heterocycles. The van der Waals surface area contributed by atoms with Crippen LogP contribution in [0.3, 0.4) is 0 Å². The lowest BCUT2D eigenvalue weighted by molar-refractivity contribution is 0.102. The van der Waals surface area contributed by atoms with Gasteiger partial charge in [-0.2, -0.15) is 5.10 Å². The van der Waals surface area contributed by atoms with E-state index in [0.717, 1.165) is 5.56 Å². The normalized spacial score (nSPS) is 10.3. The van der Waals surface area contributed by atoms with Crippen LogP contribution in [0.2, 0.25) is 5.02 Å². The van der Waals surface area contributed by atoms with Crippen LogP contribution in [0.4, 0.5) is 5.82 Å². The van der Waals surface area contributed by atoms with Crippen molar-refractivity contribution in [2.24, 2.45) is 0 Å². The van der Waals surface area contributed by atoms with Crippen LogP contribution in [0.25, 0.3) is 0 Å². The fourth-order valence-electron chi connectivity index (χ4n) is 2.22. The fraction of sp³-hybridized carbons (Fsp3) is 0.111. The molecule has 0 spiro atoms. The summed E-state index contributed by atoms with van der Waals surface area (Å²) in [7, 11) is 1.52. The van der Waals surface area contributed by atoms with Gasteiger partial charge >= 0.3 is 0 Å². The first-order valence-corrected chi connectivity index (χ1v) is 7.90. The van der Waals surface area contributed by atoms with Crippen molar-refractivity contribution < 1.29 is 14.3 Å². The summed E-state index contributed by atoms with van der Waals surface area (Å²) in [5, 5.41) is 9.79. The van der Waals surface area contributed by atoms with E-state index in [1.165, 1.54) is 7.11 Å². The molecule has 6 nitrogen and oxygen atoms in total. The molecule has 0 saturated heterocycles. The van der Waals surface area contributed by atoms with Gasteiger partial charge in [-0.15, -0.1) is 0 Å². The lowest BCUT2D eigenvalue weighted by Crippen LogP contribution is -2.12. The van der Waals surface area contributed by atoms with Gasteiger partial charge < -0.3 is 14.8 Å². The molecule has 0 radical (unpaired) electrons. The zero-order valence-corrected chi connectivity index (χ0v) is 14.2. The molecule has 1 aromatic heterocycles. The number of carbonyl (C=O) groups is 1. The first kappa shape index (κ1) is 16.9. The van der Waals surface area contributed by atoms with E-state index in [1.807, 2.05) is 18.2 Å². The quantitative estimate of drug-likeness (QED) is 0.701. The van der Waals surface area contributed by atoms with E-state index in [9.17, 15) is 4.79 Å². The highest BCUT2D eigenvalue weighted by Crippen LogP contribution is 2.29. The number of aromatic amines is 1. The van der Waals surface area contributed by atoms with Crippen LogP contribution in [0.5, 0.6) is 11.5 Å². The second-order valence-electron chi connectivity index (χ2n) is 5.17. The molecule has 1 amide bonds. The number of aromatic nitrogens is 2. The molecule has 7 heteroatoms. The number of H-pyrrole nitrogens is 1. The largest absolute Gasteiger partial charge is 0.493 e. The number of hydrogen-bond donors (Lipinski definition) is 2. The number of hydrogen-bond acceptors (Lipinski definition) is 4. The van der Waals surface area contributed by atoms with Crippen molar-refractivity contribution in [3.05, 3.63) is 70.9 Å². The number of nitrogens with zero attached hydrogens (tertiary/aromatic N) is 1. The summed E-state index contributed by atoms with van der Waals surface area (Å²) in [4.78, 5) is 12.2. The minimum absolute atomic E-state index is 0.278. The van der Waals surface area contributed by atoms with Crippen molar-refractivity contribution in [3.63, 3.8) is 0 Å². The number of methoxy groups -OCH3 is 1. The van der Waals surface area contributed by atoms with Crippen molar-refractivity contribution >= 4 is 23.3 Å². The maximum absolute atomic E-state index is 12.2. The van der Waals surface area contributed by atoms with E-state index >= 15 is 0 Å². The van der Waals surface area contributed by atoms with Gasteiger partial charge in [0.05, 0.1) is 13.3 Å². The minimum atomic E-state index is -0.278. The van der Waals surface area contributed by atoms with E-state index in [0.29, 0.717) is 34.5 Å². The zero-order chi connectivity index (χ0) is 17.6. The van der Waals surface area contributed by atoms with Crippen LogP contribution in [-0.4, -0.2) is 23.2 Å². The molecule has 0 fully saturated rings. The molecule has 0 atom stereocenters. The highest BCUT2D eigenvalue weighted by atomic mass is 35.5. The van der Waals surface area contributed by atoms with E-state index in [-0.39, 0.29) is 5.91 Å². The summed E-state index contributed by atoms with van der Waals surface area (Å²) in [6.07, 6.45) is 1.56. The Balaban J connectivity index is 1.73. The van der Waals surface area contributed by atoms with Gasteiger partial charge in [0.1, 0.15) is 12.4 Å². The van der Waals surface area contributed by atoms with Gasteiger partial charge in [-0.3, -0.25) is 9.89 Å². The predicted octanol–water partition coefficient (Wildman–Crippen LogP) is 3.90. The second kappa shape index (κ2) is 7.72. The van der Waals surface area contributed by atoms with E-state index in [2.05, 4.69) is 15.5 Å². The van der Waals surface area contributed by atoms with Crippen molar-refractivity contribution in [1.82, 2.24) is 10.2 Å². The van der Waals surface area contributed by atoms with E-state index in [4.69, 9.17) is 21.1 Å². The van der Waals surface area contributed by atoms with Crippen LogP contribution in [0, 0.1) is 0 Å². The zero-order valence-electron chi connectivity index (χ0n) is 13.5. The van der Waals surface area contributed by atoms with Crippen molar-refractivity contribution in [3.8, 4) is 11.5 Å². The smallest absolute Gasteiger partial charge is 0.256 e. The predicted molar refractivity (Wildman–Crippen MR) is 95.3 cm³/mol. The number of nitrogens with one attached hydrogen (secondary N) is 2. The summed E-state index contributed by atoms with van der Waals surface area (Å²) in [6.45, 7) is 0.301. The van der Waals surface area contributed by atoms with Gasteiger partial charge in [0.25, 0.3) is 5.91 Å². The van der Waals surface area contributed by atoms with E-state index in [1.54, 1.807) is 36.5 Å². The van der Waals surface area contributed by atoms with Gasteiger partial charge in [-0.05, 0) is 24.3 Å². The average Bonchev–Trinajstić information content (AvgIpc) is 3.14. The highest BCUT2D eigenvalue weighted by molar-refractivity contribution is 6.31. The Hall–Kier alpha value is -2.99. The van der Waals surface area contributed by atoms with Crippen LogP contribution in [0.15, 0.2) is 54.7 Å². The third-order valence-corrected chi connectivity index (χ3v) is 3.88. The van der Waals surface area contributed by atoms with Gasteiger partial charge in [-0.25, -0.2) is 0 Å². The topological polar surface area (TPSA) is 76.2 Å². The van der Waals surface area contributed by atoms with Gasteiger partial charge in [-0.1, -0.05) is 29.8 Å². The Morgan fingerprint density at radius 3 is 2.76 bits per heavy atom. The lowest BCUT2D eigenvalue weighted by Gasteiger charge is -2.13. The van der Waals surface area contributed by atoms with Gasteiger partial charge in [0, 0.05) is 22.2 Å². The first-order valence-electron chi connectivity index (χ1n) is 7.52. The van der Waals surface area contributed by atoms with Crippen molar-refractivity contribution in [1.29, 1.82) is 0 Å². The molecule has 128 valence electrons. The molecule has 0 aliphatic rings. The number of carbonyl (C=O) groups excluding carboxylic acids is 1. The molecule has 2 aromatic carbocycles. The first-order chi connectivity index (χ1) is 12.2. The molecular formula is C18H16ClN3O3. The molecule has 0 aliphatic heterocycles. The summed E-state index contributed by atoms with van der Waals surface area (Å²) in [5.74, 6) is 1.23. The van der Waals surface area contributed by atoms with Crippen molar-refractivity contribution in [2.75, 3.05) is 12.4 Å². The second-order valence-corrected chi connectivity index (χ2v) is 5.58. The monoisotopic (exact) mass is 357 g/mol. The molecule has 3 aromatic rings. The number of benzene rings is 2. The third kappa shape index (κ3) is 4.10. The maximum atomic E-state index is 12.2. The van der Waals surface area contributed by atoms with Crippen LogP contribution in [-0.2, 0) is 6.61 Å². The third-order valence-electron chi connectivity index (χ3n) is 3.52. The van der Waals surface area contributed by atoms with Gasteiger partial charge in [0.15, 0.2) is 11.5 Å². The Kier molecular flexibility index (Phi) is 5.20. The SMILES string of the molecule is COc1cc(C(=O)Nc2ccn[nH]2)ccc1OCc1ccccc1Cl. The standard InChI is InChI=1S/C18H16ClN3O3/c1-24-16-10-12(18(23)21-17-8-9-20-22-17)6-7-15(16)25-11-13-4-2-3-5-14(13)19/h2-10H,11H2,1H3,(H2,20,21,22,23). The number of rotatable bonds is 6. The summed E-state index contributed by atoms with van der Waals surface area (Å²) >= 11 is 6.13.